The second-order valence-electron chi connectivity index (χ2n) is 3.49. The van der Waals surface area contributed by atoms with Crippen molar-refractivity contribution in [1.82, 2.24) is 0 Å². The minimum Gasteiger partial charge on any atom is -1.00 e. The first kappa shape index (κ1) is 28.3. The van der Waals surface area contributed by atoms with Gasteiger partial charge in [-0.25, -0.2) is 4.79 Å². The minimum atomic E-state index is -5.20. The van der Waals surface area contributed by atoms with Gasteiger partial charge in [0.1, 0.15) is 24.4 Å². The van der Waals surface area contributed by atoms with Gasteiger partial charge in [0.05, 0.1) is 6.61 Å². The van der Waals surface area contributed by atoms with Gasteiger partial charge < -0.3 is 41.1 Å². The molecule has 0 saturated carbocycles. The number of rotatable bonds is 7. The van der Waals surface area contributed by atoms with E-state index in [9.17, 15) is 28.5 Å². The maximum Gasteiger partial charge on any atom is 2.00 e. The molecule has 5 atom stereocenters. The molecule has 0 rings (SSSR count). The molecule has 0 bridgehead atoms. The molecule has 0 amide bonds. The summed E-state index contributed by atoms with van der Waals surface area (Å²) < 4.78 is 35.3. The molecule has 15 heteroatoms. The second-order valence-corrected chi connectivity index (χ2v) is 4.51. The summed E-state index contributed by atoms with van der Waals surface area (Å²) in [5.74, 6) is 0. The average Bonchev–Trinajstić information content (AvgIpc) is 2.32. The topological polar surface area (TPSA) is 211 Å². The smallest absolute Gasteiger partial charge is 1.00 e. The van der Waals surface area contributed by atoms with Crippen LogP contribution < -0.4 is 0 Å². The third-order valence-corrected chi connectivity index (χ3v) is 2.31. The Bertz CT molecular complexity index is 432. The van der Waals surface area contributed by atoms with Gasteiger partial charge in [0.15, 0.2) is 0 Å². The summed E-state index contributed by atoms with van der Waals surface area (Å²) in [6, 6.07) is 0. The van der Waals surface area contributed by atoms with E-state index in [0.29, 0.717) is 0 Å². The van der Waals surface area contributed by atoms with Crippen molar-refractivity contribution in [2.75, 3.05) is 6.61 Å². The van der Waals surface area contributed by atoms with Crippen molar-refractivity contribution in [3.05, 3.63) is 0 Å². The Morgan fingerprint density at radius 2 is 1.45 bits per heavy atom. The van der Waals surface area contributed by atoms with Crippen LogP contribution in [0.3, 0.4) is 0 Å². The fourth-order valence-electron chi connectivity index (χ4n) is 0.980. The van der Waals surface area contributed by atoms with Gasteiger partial charge in [0.2, 0.25) is 6.29 Å². The molecule has 0 spiro atoms. The minimum absolute atomic E-state index is 0. The fourth-order valence-corrected chi connectivity index (χ4v) is 1.19. The third kappa shape index (κ3) is 11.1. The van der Waals surface area contributed by atoms with E-state index in [-0.39, 0.29) is 81.2 Å². The van der Waals surface area contributed by atoms with Gasteiger partial charge in [-0.3, -0.25) is 8.74 Å². The third-order valence-electron chi connectivity index (χ3n) is 1.96. The molecule has 12 nitrogen and oxygen atoms in total. The molecule has 0 aliphatic carbocycles. The standard InChI is InChI=1S/C7H14O12S.2Ca.4H/c8-1-2(9)3(10)4(11)5(12)6(13)18-7(14)19-20(15,16)17;;;;;;/h2-6,8-13H,1H2,(H,15,16,17);;;;;;/q;2*+2;4*-1/t2-,3-,4+,5+,6?;;;;;;/m1....../s1. The Hall–Kier alpha value is 1.46. The van der Waals surface area contributed by atoms with Gasteiger partial charge in [0, 0.05) is 0 Å². The van der Waals surface area contributed by atoms with E-state index in [4.69, 9.17) is 19.9 Å². The SMILES string of the molecule is O=C(OC(O)[C@@H](O)[C@@H](O)[C@H](O)[C@H](O)CO)OS(=O)(=O)O.[Ca+2].[Ca+2].[H-].[H-].[H-].[H-]. The molecule has 0 aromatic carbocycles. The molecule has 0 aliphatic heterocycles. The Morgan fingerprint density at radius 3 is 1.82 bits per heavy atom. The van der Waals surface area contributed by atoms with Gasteiger partial charge in [-0.2, -0.15) is 8.42 Å². The summed E-state index contributed by atoms with van der Waals surface area (Å²) in [7, 11) is -5.20. The maximum absolute atomic E-state index is 10.7. The molecule has 0 aromatic rings. The number of carbonyl (C=O) groups is 1. The number of carbonyl (C=O) groups excluding carboxylic acids is 1. The molecule has 0 aromatic heterocycles. The van der Waals surface area contributed by atoms with E-state index < -0.39 is 53.9 Å². The van der Waals surface area contributed by atoms with Crippen LogP contribution in [0.25, 0.3) is 0 Å². The molecular formula is C7H18Ca2O12S. The van der Waals surface area contributed by atoms with Crippen molar-refractivity contribution in [2.24, 2.45) is 0 Å². The van der Waals surface area contributed by atoms with E-state index in [1.165, 1.54) is 0 Å². The molecule has 0 radical (unpaired) electrons. The summed E-state index contributed by atoms with van der Waals surface area (Å²) in [5, 5.41) is 54.3. The van der Waals surface area contributed by atoms with Crippen LogP contribution in [0.1, 0.15) is 5.71 Å². The normalized spacial score (nSPS) is 17.8. The Balaban J connectivity index is -0.000000120. The molecule has 0 aliphatic rings. The zero-order chi connectivity index (χ0) is 16.1. The number of aliphatic hydroxyl groups is 6. The van der Waals surface area contributed by atoms with Crippen LogP contribution in [0, 0.1) is 0 Å². The quantitative estimate of drug-likeness (QED) is 0.0921. The van der Waals surface area contributed by atoms with Crippen LogP contribution in [-0.4, -0.2) is 163 Å². The van der Waals surface area contributed by atoms with Crippen LogP contribution in [0.4, 0.5) is 4.79 Å². The van der Waals surface area contributed by atoms with Crippen LogP contribution in [-0.2, 0) is 19.3 Å². The molecule has 22 heavy (non-hydrogen) atoms. The van der Waals surface area contributed by atoms with Crippen molar-refractivity contribution in [3.63, 3.8) is 0 Å². The van der Waals surface area contributed by atoms with Gasteiger partial charge in [-0.05, 0) is 0 Å². The monoisotopic (exact) mass is 406 g/mol. The molecular weight excluding hydrogens is 388 g/mol. The first-order valence-corrected chi connectivity index (χ1v) is 6.24. The van der Waals surface area contributed by atoms with Crippen LogP contribution >= 0.6 is 0 Å². The predicted molar refractivity (Wildman–Crippen MR) is 72.2 cm³/mol. The average molecular weight is 406 g/mol. The summed E-state index contributed by atoms with van der Waals surface area (Å²) in [4.78, 5) is 10.7. The fraction of sp³-hybridized carbons (Fsp3) is 0.857. The van der Waals surface area contributed by atoms with Crippen LogP contribution in [0.5, 0.6) is 0 Å². The number of aliphatic hydroxyl groups excluding tert-OH is 6. The molecule has 128 valence electrons. The van der Waals surface area contributed by atoms with Crippen molar-refractivity contribution in [1.29, 1.82) is 0 Å². The van der Waals surface area contributed by atoms with Crippen molar-refractivity contribution in [3.8, 4) is 0 Å². The Labute approximate surface area is 190 Å². The number of hydrogen-bond donors (Lipinski definition) is 7. The van der Waals surface area contributed by atoms with Crippen molar-refractivity contribution < 1.29 is 63.0 Å². The van der Waals surface area contributed by atoms with Gasteiger partial charge >= 0.3 is 92.0 Å². The van der Waals surface area contributed by atoms with Gasteiger partial charge in [-0.15, -0.1) is 0 Å². The van der Waals surface area contributed by atoms with Crippen molar-refractivity contribution in [2.45, 2.75) is 30.7 Å². The maximum atomic E-state index is 10.7. The van der Waals surface area contributed by atoms with Crippen LogP contribution in [0.2, 0.25) is 0 Å². The number of hydrogen-bond acceptors (Lipinski definition) is 11. The predicted octanol–water partition coefficient (Wildman–Crippen LogP) is -4.61. The van der Waals surface area contributed by atoms with E-state index in [1.54, 1.807) is 0 Å². The summed E-state index contributed by atoms with van der Waals surface area (Å²) in [6.45, 7) is -0.979. The summed E-state index contributed by atoms with van der Waals surface area (Å²) in [6.07, 6.45) is -13.3. The Kier molecular flexibility index (Phi) is 16.4. The summed E-state index contributed by atoms with van der Waals surface area (Å²) >= 11 is 0. The number of ether oxygens (including phenoxy) is 1. The molecule has 0 saturated heterocycles. The van der Waals surface area contributed by atoms with E-state index in [1.807, 2.05) is 0 Å². The summed E-state index contributed by atoms with van der Waals surface area (Å²) in [5.41, 5.74) is 0. The van der Waals surface area contributed by atoms with E-state index >= 15 is 0 Å². The van der Waals surface area contributed by atoms with Crippen LogP contribution in [0.15, 0.2) is 0 Å². The molecule has 0 fully saturated rings. The molecule has 0 heterocycles. The van der Waals surface area contributed by atoms with E-state index in [2.05, 4.69) is 8.92 Å². The first-order chi connectivity index (χ1) is 8.99. The van der Waals surface area contributed by atoms with Crippen molar-refractivity contribution >= 4 is 92.0 Å². The van der Waals surface area contributed by atoms with Gasteiger partial charge in [-0.1, -0.05) is 0 Å². The largest absolute Gasteiger partial charge is 2.00 e. The van der Waals surface area contributed by atoms with Gasteiger partial charge in [0.25, 0.3) is 0 Å². The van der Waals surface area contributed by atoms with E-state index in [0.717, 1.165) is 0 Å². The molecule has 7 N–H and O–H groups in total. The zero-order valence-corrected chi connectivity index (χ0v) is 16.3. The molecule has 1 unspecified atom stereocenters. The Morgan fingerprint density at radius 1 is 1.00 bits per heavy atom. The zero-order valence-electron chi connectivity index (χ0n) is 15.1. The second kappa shape index (κ2) is 12.8. The first-order valence-electron chi connectivity index (χ1n) is 4.88.